The maximum absolute atomic E-state index is 5.35. The molecule has 0 unspecified atom stereocenters. The largest absolute Gasteiger partial charge is 0.334 e. The Morgan fingerprint density at radius 2 is 2.14 bits per heavy atom. The van der Waals surface area contributed by atoms with Crippen LogP contribution in [0.4, 0.5) is 0 Å². The molecule has 3 aromatic rings. The van der Waals surface area contributed by atoms with Crippen LogP contribution in [0, 0.1) is 0 Å². The van der Waals surface area contributed by atoms with Crippen LogP contribution in [-0.2, 0) is 13.0 Å². The third-order valence-electron chi connectivity index (χ3n) is 3.58. The molecule has 1 aromatic carbocycles. The number of fused-ring (bicyclic) bond motifs is 1. The molecule has 6 heteroatoms. The molecule has 0 amide bonds. The van der Waals surface area contributed by atoms with Gasteiger partial charge in [0.15, 0.2) is 0 Å². The van der Waals surface area contributed by atoms with Gasteiger partial charge in [-0.2, -0.15) is 4.98 Å². The molecule has 1 aliphatic rings. The first-order valence-electron chi connectivity index (χ1n) is 6.83. The van der Waals surface area contributed by atoms with Crippen LogP contribution in [0.15, 0.2) is 41.3 Å². The van der Waals surface area contributed by atoms with E-state index in [2.05, 4.69) is 37.6 Å². The van der Waals surface area contributed by atoms with Crippen molar-refractivity contribution in [3.05, 3.63) is 47.9 Å². The van der Waals surface area contributed by atoms with Crippen LogP contribution in [0.3, 0.4) is 0 Å². The van der Waals surface area contributed by atoms with E-state index < -0.39 is 0 Å². The Kier molecular flexibility index (Phi) is 2.93. The van der Waals surface area contributed by atoms with Gasteiger partial charge >= 0.3 is 0 Å². The van der Waals surface area contributed by atoms with Gasteiger partial charge in [-0.05, 0) is 42.3 Å². The lowest BCUT2D eigenvalue weighted by molar-refractivity contribution is 0.432. The van der Waals surface area contributed by atoms with Crippen molar-refractivity contribution in [3.63, 3.8) is 0 Å². The van der Waals surface area contributed by atoms with Crippen LogP contribution < -0.4 is 5.32 Å². The Morgan fingerprint density at radius 1 is 1.14 bits per heavy atom. The number of aromatic nitrogens is 4. The Morgan fingerprint density at radius 3 is 3.05 bits per heavy atom. The van der Waals surface area contributed by atoms with Crippen molar-refractivity contribution in [2.24, 2.45) is 0 Å². The molecule has 0 radical (unpaired) electrons. The van der Waals surface area contributed by atoms with Gasteiger partial charge in [0.05, 0.1) is 0 Å². The summed E-state index contributed by atoms with van der Waals surface area (Å²) >= 11 is 0. The smallest absolute Gasteiger partial charge is 0.258 e. The lowest BCUT2D eigenvalue weighted by atomic mass is 9.98. The van der Waals surface area contributed by atoms with Gasteiger partial charge in [0.25, 0.3) is 5.89 Å². The molecule has 0 aliphatic carbocycles. The fraction of sp³-hybridized carbons (Fsp3) is 0.200. The van der Waals surface area contributed by atoms with Crippen molar-refractivity contribution in [1.82, 2.24) is 25.4 Å². The van der Waals surface area contributed by atoms with Gasteiger partial charge in [0.1, 0.15) is 12.0 Å². The summed E-state index contributed by atoms with van der Waals surface area (Å²) in [5, 5.41) is 7.35. The number of rotatable bonds is 2. The highest BCUT2D eigenvalue weighted by Gasteiger charge is 2.14. The first kappa shape index (κ1) is 12.2. The number of nitrogens with zero attached hydrogens (tertiary/aromatic N) is 4. The molecular weight excluding hydrogens is 266 g/mol. The van der Waals surface area contributed by atoms with Crippen molar-refractivity contribution < 1.29 is 4.52 Å². The molecule has 0 fully saturated rings. The number of hydrogen-bond donors (Lipinski definition) is 1. The summed E-state index contributed by atoms with van der Waals surface area (Å²) < 4.78 is 5.35. The second-order valence-electron chi connectivity index (χ2n) is 4.93. The van der Waals surface area contributed by atoms with Gasteiger partial charge in [-0.25, -0.2) is 9.97 Å². The zero-order valence-electron chi connectivity index (χ0n) is 11.3. The molecule has 2 aromatic heterocycles. The Hall–Kier alpha value is -2.60. The standard InChI is InChI=1S/C15H13N5O/c1-2-11(7-12-8-16-5-3-10(1)12)15-19-14(20-21-15)13-4-6-17-9-18-13/h1-2,4,6-7,9,16H,3,5,8H2. The summed E-state index contributed by atoms with van der Waals surface area (Å²) in [4.78, 5) is 12.4. The van der Waals surface area contributed by atoms with Gasteiger partial charge in [0, 0.05) is 18.3 Å². The summed E-state index contributed by atoms with van der Waals surface area (Å²) in [7, 11) is 0. The Bertz CT molecular complexity index is 769. The van der Waals surface area contributed by atoms with Gasteiger partial charge in [-0.1, -0.05) is 11.2 Å². The average Bonchev–Trinajstić information content (AvgIpc) is 3.05. The fourth-order valence-corrected chi connectivity index (χ4v) is 2.48. The topological polar surface area (TPSA) is 76.7 Å². The van der Waals surface area contributed by atoms with Crippen LogP contribution in [0.5, 0.6) is 0 Å². The molecule has 4 rings (SSSR count). The first-order chi connectivity index (χ1) is 10.4. The van der Waals surface area contributed by atoms with Crippen LogP contribution in [0.25, 0.3) is 23.0 Å². The van der Waals surface area contributed by atoms with Gasteiger partial charge < -0.3 is 9.84 Å². The predicted molar refractivity (Wildman–Crippen MR) is 76.2 cm³/mol. The predicted octanol–water partition coefficient (Wildman–Crippen LogP) is 1.84. The second-order valence-corrected chi connectivity index (χ2v) is 4.93. The van der Waals surface area contributed by atoms with Crippen molar-refractivity contribution in [3.8, 4) is 23.0 Å². The zero-order chi connectivity index (χ0) is 14.1. The van der Waals surface area contributed by atoms with E-state index in [0.717, 1.165) is 25.1 Å². The number of nitrogens with one attached hydrogen (secondary N) is 1. The Balaban J connectivity index is 1.70. The summed E-state index contributed by atoms with van der Waals surface area (Å²) in [6.07, 6.45) is 4.19. The minimum absolute atomic E-state index is 0.475. The van der Waals surface area contributed by atoms with Crippen molar-refractivity contribution in [1.29, 1.82) is 0 Å². The normalized spacial score (nSPS) is 13.9. The lowest BCUT2D eigenvalue weighted by Crippen LogP contribution is -2.23. The van der Waals surface area contributed by atoms with E-state index in [1.54, 1.807) is 12.3 Å². The minimum Gasteiger partial charge on any atom is -0.334 e. The Labute approximate surface area is 121 Å². The molecule has 1 aliphatic heterocycles. The third-order valence-corrected chi connectivity index (χ3v) is 3.58. The monoisotopic (exact) mass is 279 g/mol. The highest BCUT2D eigenvalue weighted by atomic mass is 16.5. The zero-order valence-corrected chi connectivity index (χ0v) is 11.3. The third kappa shape index (κ3) is 2.30. The highest BCUT2D eigenvalue weighted by Crippen LogP contribution is 2.24. The van der Waals surface area contributed by atoms with E-state index >= 15 is 0 Å². The number of hydrogen-bond acceptors (Lipinski definition) is 6. The highest BCUT2D eigenvalue weighted by molar-refractivity contribution is 5.59. The summed E-state index contributed by atoms with van der Waals surface area (Å²) in [6, 6.07) is 8.03. The molecule has 21 heavy (non-hydrogen) atoms. The molecule has 6 nitrogen and oxygen atoms in total. The fourth-order valence-electron chi connectivity index (χ4n) is 2.48. The molecule has 1 N–H and O–H groups in total. The molecule has 3 heterocycles. The van der Waals surface area contributed by atoms with Crippen molar-refractivity contribution >= 4 is 0 Å². The summed E-state index contributed by atoms with van der Waals surface area (Å²) in [6.45, 7) is 1.92. The maximum atomic E-state index is 5.35. The van der Waals surface area contributed by atoms with E-state index in [9.17, 15) is 0 Å². The molecule has 0 atom stereocenters. The molecular formula is C15H13N5O. The first-order valence-corrected chi connectivity index (χ1v) is 6.83. The quantitative estimate of drug-likeness (QED) is 0.771. The molecule has 104 valence electrons. The SMILES string of the molecule is c1cc(-c2noc(-c3ccc4c(c3)CNCC4)n2)ncn1. The van der Waals surface area contributed by atoms with Crippen LogP contribution >= 0.6 is 0 Å². The van der Waals surface area contributed by atoms with Gasteiger partial charge in [-0.15, -0.1) is 0 Å². The number of benzene rings is 1. The van der Waals surface area contributed by atoms with Gasteiger partial charge in [-0.3, -0.25) is 0 Å². The van der Waals surface area contributed by atoms with E-state index in [0.29, 0.717) is 17.4 Å². The average molecular weight is 279 g/mol. The van der Waals surface area contributed by atoms with Crippen LogP contribution in [-0.4, -0.2) is 26.7 Å². The summed E-state index contributed by atoms with van der Waals surface area (Å²) in [5.41, 5.74) is 4.26. The second kappa shape index (κ2) is 5.06. The van der Waals surface area contributed by atoms with E-state index in [1.807, 2.05) is 6.07 Å². The minimum atomic E-state index is 0.475. The van der Waals surface area contributed by atoms with Crippen molar-refractivity contribution in [2.75, 3.05) is 6.54 Å². The van der Waals surface area contributed by atoms with E-state index in [1.165, 1.54) is 17.5 Å². The molecule has 0 saturated heterocycles. The molecule has 0 saturated carbocycles. The van der Waals surface area contributed by atoms with E-state index in [4.69, 9.17) is 4.52 Å². The molecule has 0 spiro atoms. The maximum Gasteiger partial charge on any atom is 0.258 e. The molecule has 0 bridgehead atoms. The lowest BCUT2D eigenvalue weighted by Gasteiger charge is -2.16. The summed E-state index contributed by atoms with van der Waals surface area (Å²) in [5.74, 6) is 0.986. The van der Waals surface area contributed by atoms with Crippen molar-refractivity contribution in [2.45, 2.75) is 13.0 Å². The van der Waals surface area contributed by atoms with Gasteiger partial charge in [0.2, 0.25) is 5.82 Å². The van der Waals surface area contributed by atoms with Crippen LogP contribution in [0.1, 0.15) is 11.1 Å². The van der Waals surface area contributed by atoms with E-state index in [-0.39, 0.29) is 0 Å². The van der Waals surface area contributed by atoms with Crippen LogP contribution in [0.2, 0.25) is 0 Å².